The number of nitrogens with two attached hydrogens (primary N) is 1. The average molecular weight is 316 g/mol. The molecule has 1 aromatic rings. The van der Waals surface area contributed by atoms with Gasteiger partial charge in [-0.15, -0.1) is 11.3 Å². The summed E-state index contributed by atoms with van der Waals surface area (Å²) in [6, 6.07) is 1.59. The molecule has 1 fully saturated rings. The summed E-state index contributed by atoms with van der Waals surface area (Å²) >= 11 is 1.20. The second-order valence-electron chi connectivity index (χ2n) is 5.55. The SMILES string of the molecule is Cc1sc(C(=O)N2CCC(C)CC2C)cc1S(N)(=O)=O. The third-order valence-corrected chi connectivity index (χ3v) is 5.99. The normalized spacial score (nSPS) is 23.9. The highest BCUT2D eigenvalue weighted by Gasteiger charge is 2.29. The Kier molecular flexibility index (Phi) is 4.22. The molecule has 1 aliphatic heterocycles. The van der Waals surface area contributed by atoms with E-state index in [0.717, 1.165) is 19.4 Å². The number of nitrogens with zero attached hydrogens (tertiary/aromatic N) is 1. The van der Waals surface area contributed by atoms with E-state index in [1.165, 1.54) is 17.4 Å². The monoisotopic (exact) mass is 316 g/mol. The van der Waals surface area contributed by atoms with Crippen LogP contribution in [0.25, 0.3) is 0 Å². The van der Waals surface area contributed by atoms with Crippen molar-refractivity contribution in [2.24, 2.45) is 11.1 Å². The molecule has 1 amide bonds. The predicted octanol–water partition coefficient (Wildman–Crippen LogP) is 1.96. The number of thiophene rings is 1. The van der Waals surface area contributed by atoms with Crippen LogP contribution in [0.5, 0.6) is 0 Å². The molecule has 7 heteroatoms. The van der Waals surface area contributed by atoms with Gasteiger partial charge in [0, 0.05) is 17.5 Å². The van der Waals surface area contributed by atoms with E-state index >= 15 is 0 Å². The number of carbonyl (C=O) groups is 1. The van der Waals surface area contributed by atoms with Gasteiger partial charge in [0.1, 0.15) is 0 Å². The summed E-state index contributed by atoms with van der Waals surface area (Å²) in [4.78, 5) is 15.4. The zero-order valence-corrected chi connectivity index (χ0v) is 13.6. The average Bonchev–Trinajstić information content (AvgIpc) is 2.70. The maximum absolute atomic E-state index is 12.5. The first kappa shape index (κ1) is 15.5. The highest BCUT2D eigenvalue weighted by molar-refractivity contribution is 7.89. The van der Waals surface area contributed by atoms with Crippen LogP contribution in [-0.4, -0.2) is 31.8 Å². The first-order valence-corrected chi connectivity index (χ1v) is 9.00. The lowest BCUT2D eigenvalue weighted by Gasteiger charge is -2.36. The van der Waals surface area contributed by atoms with E-state index < -0.39 is 10.0 Å². The number of likely N-dealkylation sites (tertiary alicyclic amines) is 1. The number of aryl methyl sites for hydroxylation is 1. The Hall–Kier alpha value is -0.920. The van der Waals surface area contributed by atoms with Crippen LogP contribution in [0.2, 0.25) is 0 Å². The molecule has 1 aromatic heterocycles. The molecule has 2 atom stereocenters. The second kappa shape index (κ2) is 5.46. The Balaban J connectivity index is 2.26. The van der Waals surface area contributed by atoms with E-state index in [9.17, 15) is 13.2 Å². The highest BCUT2D eigenvalue weighted by atomic mass is 32.2. The molecule has 2 N–H and O–H groups in total. The van der Waals surface area contributed by atoms with Gasteiger partial charge in [0.15, 0.2) is 0 Å². The molecule has 1 saturated heterocycles. The van der Waals surface area contributed by atoms with Crippen molar-refractivity contribution in [2.45, 2.75) is 44.6 Å². The topological polar surface area (TPSA) is 80.5 Å². The van der Waals surface area contributed by atoms with Gasteiger partial charge >= 0.3 is 0 Å². The van der Waals surface area contributed by atoms with Gasteiger partial charge in [-0.05, 0) is 38.7 Å². The molecule has 2 heterocycles. The molecule has 0 aliphatic carbocycles. The second-order valence-corrected chi connectivity index (χ2v) is 8.34. The molecule has 2 rings (SSSR count). The molecule has 2 unspecified atom stereocenters. The van der Waals surface area contributed by atoms with Gasteiger partial charge in [-0.3, -0.25) is 4.79 Å². The Labute approximate surface area is 123 Å². The molecular weight excluding hydrogens is 296 g/mol. The fourth-order valence-electron chi connectivity index (χ4n) is 2.70. The number of sulfonamides is 1. The highest BCUT2D eigenvalue weighted by Crippen LogP contribution is 2.29. The third kappa shape index (κ3) is 3.05. The summed E-state index contributed by atoms with van der Waals surface area (Å²) in [5.41, 5.74) is 0. The Morgan fingerprint density at radius 2 is 2.10 bits per heavy atom. The number of carbonyl (C=O) groups excluding carboxylic acids is 1. The van der Waals surface area contributed by atoms with Crippen molar-refractivity contribution in [2.75, 3.05) is 6.54 Å². The summed E-state index contributed by atoms with van der Waals surface area (Å²) in [7, 11) is -3.76. The summed E-state index contributed by atoms with van der Waals surface area (Å²) in [6.07, 6.45) is 1.97. The Morgan fingerprint density at radius 3 is 2.60 bits per heavy atom. The van der Waals surface area contributed by atoms with E-state index in [1.807, 2.05) is 11.8 Å². The van der Waals surface area contributed by atoms with E-state index in [0.29, 0.717) is 15.7 Å². The van der Waals surface area contributed by atoms with Crippen LogP contribution in [0.1, 0.15) is 41.2 Å². The zero-order chi connectivity index (χ0) is 15.1. The van der Waals surface area contributed by atoms with Gasteiger partial charge in [-0.1, -0.05) is 6.92 Å². The van der Waals surface area contributed by atoms with Crippen LogP contribution in [0, 0.1) is 12.8 Å². The van der Waals surface area contributed by atoms with Crippen LogP contribution in [0.4, 0.5) is 0 Å². The minimum atomic E-state index is -3.76. The minimum absolute atomic E-state index is 0.0591. The van der Waals surface area contributed by atoms with Crippen LogP contribution in [-0.2, 0) is 10.0 Å². The standard InChI is InChI=1S/C13H20N2O3S2/c1-8-4-5-15(9(2)6-8)13(16)11-7-12(10(3)19-11)20(14,17)18/h7-9H,4-6H2,1-3H3,(H2,14,17,18). The van der Waals surface area contributed by atoms with Crippen molar-refractivity contribution in [1.29, 1.82) is 0 Å². The Morgan fingerprint density at radius 1 is 1.45 bits per heavy atom. The molecule has 0 spiro atoms. The number of primary sulfonamides is 1. The molecule has 112 valence electrons. The lowest BCUT2D eigenvalue weighted by atomic mass is 9.93. The van der Waals surface area contributed by atoms with Gasteiger partial charge in [0.25, 0.3) is 5.91 Å². The van der Waals surface area contributed by atoms with E-state index in [2.05, 4.69) is 6.92 Å². The fourth-order valence-corrected chi connectivity index (χ4v) is 4.81. The summed E-state index contributed by atoms with van der Waals surface area (Å²) in [5.74, 6) is 0.534. The van der Waals surface area contributed by atoms with Crippen molar-refractivity contribution in [3.8, 4) is 0 Å². The van der Waals surface area contributed by atoms with E-state index in [-0.39, 0.29) is 16.8 Å². The van der Waals surface area contributed by atoms with Crippen molar-refractivity contribution >= 4 is 27.3 Å². The van der Waals surface area contributed by atoms with Crippen molar-refractivity contribution < 1.29 is 13.2 Å². The van der Waals surface area contributed by atoms with Crippen LogP contribution >= 0.6 is 11.3 Å². The number of piperidine rings is 1. The molecular formula is C13H20N2O3S2. The zero-order valence-electron chi connectivity index (χ0n) is 11.9. The molecule has 0 aromatic carbocycles. The maximum Gasteiger partial charge on any atom is 0.264 e. The summed E-state index contributed by atoms with van der Waals surface area (Å²) < 4.78 is 22.9. The van der Waals surface area contributed by atoms with Gasteiger partial charge in [0.2, 0.25) is 10.0 Å². The maximum atomic E-state index is 12.5. The number of rotatable bonds is 2. The predicted molar refractivity (Wildman–Crippen MR) is 79.3 cm³/mol. The van der Waals surface area contributed by atoms with Crippen molar-refractivity contribution in [1.82, 2.24) is 4.90 Å². The summed E-state index contributed by atoms with van der Waals surface area (Å²) in [6.45, 7) is 6.62. The smallest absolute Gasteiger partial charge is 0.264 e. The molecule has 5 nitrogen and oxygen atoms in total. The molecule has 1 aliphatic rings. The third-order valence-electron chi connectivity index (χ3n) is 3.79. The minimum Gasteiger partial charge on any atom is -0.335 e. The van der Waals surface area contributed by atoms with Crippen LogP contribution < -0.4 is 5.14 Å². The first-order chi connectivity index (χ1) is 9.20. The lowest BCUT2D eigenvalue weighted by molar-refractivity contribution is 0.0593. The van der Waals surface area contributed by atoms with Crippen LogP contribution in [0.15, 0.2) is 11.0 Å². The quantitative estimate of drug-likeness (QED) is 0.905. The largest absolute Gasteiger partial charge is 0.335 e. The molecule has 20 heavy (non-hydrogen) atoms. The number of amides is 1. The Bertz CT molecular complexity index is 622. The first-order valence-electron chi connectivity index (χ1n) is 6.64. The lowest BCUT2D eigenvalue weighted by Crippen LogP contribution is -2.43. The molecule has 0 saturated carbocycles. The van der Waals surface area contributed by atoms with Crippen molar-refractivity contribution in [3.63, 3.8) is 0 Å². The van der Waals surface area contributed by atoms with Crippen LogP contribution in [0.3, 0.4) is 0 Å². The van der Waals surface area contributed by atoms with Gasteiger partial charge < -0.3 is 4.90 Å². The van der Waals surface area contributed by atoms with Gasteiger partial charge in [-0.25, -0.2) is 13.6 Å². The molecule has 0 radical (unpaired) electrons. The number of hydrogen-bond donors (Lipinski definition) is 1. The van der Waals surface area contributed by atoms with Gasteiger partial charge in [-0.2, -0.15) is 0 Å². The van der Waals surface area contributed by atoms with E-state index in [4.69, 9.17) is 5.14 Å². The summed E-state index contributed by atoms with van der Waals surface area (Å²) in [5, 5.41) is 5.15. The fraction of sp³-hybridized carbons (Fsp3) is 0.615. The van der Waals surface area contributed by atoms with Gasteiger partial charge in [0.05, 0.1) is 9.77 Å². The van der Waals surface area contributed by atoms with E-state index in [1.54, 1.807) is 6.92 Å². The van der Waals surface area contributed by atoms with Crippen molar-refractivity contribution in [3.05, 3.63) is 15.8 Å². The molecule has 0 bridgehead atoms. The number of hydrogen-bond acceptors (Lipinski definition) is 4.